The van der Waals surface area contributed by atoms with E-state index in [4.69, 9.17) is 52.1 Å². The number of pyridine rings is 3. The molecule has 164 valence electrons. The van der Waals surface area contributed by atoms with Crippen molar-refractivity contribution in [3.63, 3.8) is 0 Å². The van der Waals surface area contributed by atoms with E-state index in [0.29, 0.717) is 16.4 Å². The molecule has 0 fully saturated rings. The Morgan fingerprint density at radius 1 is 0.742 bits per heavy atom. The molecular formula is C17H14Cl4N6O4. The smallest absolute Gasteiger partial charge is 0.307 e. The van der Waals surface area contributed by atoms with E-state index in [-0.39, 0.29) is 26.6 Å². The zero-order valence-electron chi connectivity index (χ0n) is 15.9. The summed E-state index contributed by atoms with van der Waals surface area (Å²) >= 11 is 21.9. The lowest BCUT2D eigenvalue weighted by Gasteiger charge is -1.96. The predicted octanol–water partition coefficient (Wildman–Crippen LogP) is 5.87. The molecule has 3 heterocycles. The van der Waals surface area contributed by atoms with Crippen molar-refractivity contribution in [2.24, 2.45) is 0 Å². The van der Waals surface area contributed by atoms with E-state index in [9.17, 15) is 20.2 Å². The van der Waals surface area contributed by atoms with E-state index in [1.165, 1.54) is 18.5 Å². The van der Waals surface area contributed by atoms with Gasteiger partial charge in [0.15, 0.2) is 0 Å². The van der Waals surface area contributed by atoms with Gasteiger partial charge in [0.1, 0.15) is 5.69 Å². The van der Waals surface area contributed by atoms with Gasteiger partial charge in [-0.15, -0.1) is 0 Å². The van der Waals surface area contributed by atoms with Gasteiger partial charge in [0.05, 0.1) is 36.3 Å². The number of anilines is 1. The zero-order chi connectivity index (χ0) is 23.7. The molecule has 0 atom stereocenters. The van der Waals surface area contributed by atoms with Gasteiger partial charge in [0.2, 0.25) is 5.15 Å². The largest absolute Gasteiger partial charge is 0.397 e. The van der Waals surface area contributed by atoms with Crippen molar-refractivity contribution in [3.05, 3.63) is 88.6 Å². The summed E-state index contributed by atoms with van der Waals surface area (Å²) in [5.41, 5.74) is 6.99. The first kappa shape index (κ1) is 26.2. The fraction of sp³-hybridized carbons (Fsp3) is 0.118. The summed E-state index contributed by atoms with van der Waals surface area (Å²) in [5.74, 6) is 0. The lowest BCUT2D eigenvalue weighted by Crippen LogP contribution is -1.93. The Labute approximate surface area is 196 Å². The lowest BCUT2D eigenvalue weighted by atomic mass is 10.3. The first-order valence-electron chi connectivity index (χ1n) is 8.02. The molecule has 14 heteroatoms. The maximum absolute atomic E-state index is 10.3. The molecule has 0 aliphatic carbocycles. The lowest BCUT2D eigenvalue weighted by molar-refractivity contribution is -0.385. The highest BCUT2D eigenvalue weighted by Crippen LogP contribution is 2.24. The minimum atomic E-state index is -0.638. The summed E-state index contributed by atoms with van der Waals surface area (Å²) < 4.78 is 0. The summed E-state index contributed by atoms with van der Waals surface area (Å²) in [6.45, 7) is 3.40. The number of hydrogen-bond donors (Lipinski definition) is 1. The van der Waals surface area contributed by atoms with Gasteiger partial charge in [-0.1, -0.05) is 46.4 Å². The van der Waals surface area contributed by atoms with Crippen molar-refractivity contribution < 1.29 is 9.85 Å². The molecule has 0 spiro atoms. The van der Waals surface area contributed by atoms with Gasteiger partial charge < -0.3 is 5.73 Å². The van der Waals surface area contributed by atoms with E-state index in [1.807, 2.05) is 6.92 Å². The van der Waals surface area contributed by atoms with Crippen molar-refractivity contribution >= 4 is 63.5 Å². The molecule has 3 aromatic heterocycles. The van der Waals surface area contributed by atoms with E-state index < -0.39 is 9.85 Å². The van der Waals surface area contributed by atoms with Crippen molar-refractivity contribution in [1.82, 2.24) is 15.0 Å². The third-order valence-corrected chi connectivity index (χ3v) is 4.21. The fourth-order valence-corrected chi connectivity index (χ4v) is 2.39. The van der Waals surface area contributed by atoms with Crippen LogP contribution in [0.15, 0.2) is 36.8 Å². The topological polar surface area (TPSA) is 151 Å². The molecule has 0 radical (unpaired) electrons. The fourth-order valence-electron chi connectivity index (χ4n) is 1.74. The van der Waals surface area contributed by atoms with Crippen LogP contribution in [-0.4, -0.2) is 24.8 Å². The maximum Gasteiger partial charge on any atom is 0.307 e. The summed E-state index contributed by atoms with van der Waals surface area (Å²) in [6.07, 6.45) is 4.20. The van der Waals surface area contributed by atoms with E-state index >= 15 is 0 Å². The second-order valence-corrected chi connectivity index (χ2v) is 7.23. The molecule has 31 heavy (non-hydrogen) atoms. The number of rotatable bonds is 2. The van der Waals surface area contributed by atoms with Gasteiger partial charge in [-0.3, -0.25) is 30.2 Å². The predicted molar refractivity (Wildman–Crippen MR) is 120 cm³/mol. The molecule has 0 saturated carbocycles. The van der Waals surface area contributed by atoms with Gasteiger partial charge in [0, 0.05) is 30.7 Å². The third kappa shape index (κ3) is 8.85. The van der Waals surface area contributed by atoms with Gasteiger partial charge in [-0.05, 0) is 19.9 Å². The van der Waals surface area contributed by atoms with Crippen molar-refractivity contribution in [2.75, 3.05) is 5.73 Å². The van der Waals surface area contributed by atoms with Crippen LogP contribution in [0.2, 0.25) is 20.2 Å². The number of halogens is 4. The summed E-state index contributed by atoms with van der Waals surface area (Å²) in [4.78, 5) is 30.5. The van der Waals surface area contributed by atoms with Gasteiger partial charge >= 0.3 is 5.69 Å². The SMILES string of the molecule is Cc1ncc(Cl)cc1N.Cc1ncc(Cl)cc1[N+](=O)[O-].O=[N+]([O-])c1cc(Cl)cnc1Cl. The molecule has 0 aromatic carbocycles. The Bertz CT molecular complexity index is 1040. The van der Waals surface area contributed by atoms with E-state index in [1.54, 1.807) is 19.2 Å². The Hall–Kier alpha value is -2.79. The zero-order valence-corrected chi connectivity index (χ0v) is 18.9. The second-order valence-electron chi connectivity index (χ2n) is 5.56. The normalized spacial score (nSPS) is 9.61. The number of nitrogen functional groups attached to an aromatic ring is 1. The highest BCUT2D eigenvalue weighted by atomic mass is 35.5. The molecule has 3 aromatic rings. The molecule has 3 rings (SSSR count). The highest BCUT2D eigenvalue weighted by molar-refractivity contribution is 6.33. The van der Waals surface area contributed by atoms with Crippen LogP contribution in [-0.2, 0) is 0 Å². The standard InChI is InChI=1S/C6H5ClN2O2.C6H7ClN2.C5H2Cl2N2O2/c1-4-6(9(10)11)2-5(7)3-8-4;1-4-6(8)2-5(7)3-9-4;6-3-1-4(9(10)11)5(7)8-2-3/h2-3H,1H3;2-3H,8H2,1H3;1-2H. The summed E-state index contributed by atoms with van der Waals surface area (Å²) in [7, 11) is 0. The first-order valence-corrected chi connectivity index (χ1v) is 9.53. The minimum Gasteiger partial charge on any atom is -0.397 e. The molecular weight excluding hydrogens is 494 g/mol. The van der Waals surface area contributed by atoms with Crippen molar-refractivity contribution in [1.29, 1.82) is 0 Å². The summed E-state index contributed by atoms with van der Waals surface area (Å²) in [5, 5.41) is 21.4. The van der Waals surface area contributed by atoms with Gasteiger partial charge in [-0.25, -0.2) is 4.98 Å². The van der Waals surface area contributed by atoms with E-state index in [0.717, 1.165) is 11.8 Å². The van der Waals surface area contributed by atoms with Gasteiger partial charge in [0.25, 0.3) is 5.69 Å². The molecule has 10 nitrogen and oxygen atoms in total. The Morgan fingerprint density at radius 2 is 1.16 bits per heavy atom. The third-order valence-electron chi connectivity index (χ3n) is 3.30. The molecule has 0 aliphatic rings. The van der Waals surface area contributed by atoms with Crippen LogP contribution in [0.25, 0.3) is 0 Å². The maximum atomic E-state index is 10.3. The molecule has 0 saturated heterocycles. The van der Waals surface area contributed by atoms with Crippen LogP contribution in [0.5, 0.6) is 0 Å². The monoisotopic (exact) mass is 506 g/mol. The van der Waals surface area contributed by atoms with Crippen LogP contribution in [0.4, 0.5) is 17.1 Å². The van der Waals surface area contributed by atoms with Crippen molar-refractivity contribution in [3.8, 4) is 0 Å². The van der Waals surface area contributed by atoms with Gasteiger partial charge in [-0.2, -0.15) is 0 Å². The quantitative estimate of drug-likeness (QED) is 0.256. The second kappa shape index (κ2) is 12.2. The molecule has 0 aliphatic heterocycles. The number of nitrogens with two attached hydrogens (primary N) is 1. The summed E-state index contributed by atoms with van der Waals surface area (Å²) in [6, 6.07) is 4.12. The molecule has 0 unspecified atom stereocenters. The molecule has 0 bridgehead atoms. The van der Waals surface area contributed by atoms with Crippen LogP contribution >= 0.6 is 46.4 Å². The Morgan fingerprint density at radius 3 is 1.55 bits per heavy atom. The van der Waals surface area contributed by atoms with Crippen LogP contribution in [0, 0.1) is 34.1 Å². The first-order chi connectivity index (χ1) is 14.4. The van der Waals surface area contributed by atoms with Crippen LogP contribution in [0.1, 0.15) is 11.4 Å². The number of aromatic nitrogens is 3. The van der Waals surface area contributed by atoms with Crippen LogP contribution in [0.3, 0.4) is 0 Å². The number of nitrogens with zero attached hydrogens (tertiary/aromatic N) is 5. The molecule has 2 N–H and O–H groups in total. The highest BCUT2D eigenvalue weighted by Gasteiger charge is 2.13. The van der Waals surface area contributed by atoms with Crippen molar-refractivity contribution in [2.45, 2.75) is 13.8 Å². The molecule has 0 amide bonds. The number of nitro groups is 2. The van der Waals surface area contributed by atoms with Crippen LogP contribution < -0.4 is 5.73 Å². The average Bonchev–Trinajstić information content (AvgIpc) is 2.69. The average molecular weight is 508 g/mol. The Kier molecular flexibility index (Phi) is 10.3. The number of hydrogen-bond acceptors (Lipinski definition) is 8. The Balaban J connectivity index is 0.000000234. The minimum absolute atomic E-state index is 0.0440. The number of aryl methyl sites for hydroxylation is 2. The van der Waals surface area contributed by atoms with E-state index in [2.05, 4.69) is 15.0 Å².